The van der Waals surface area contributed by atoms with E-state index in [-0.39, 0.29) is 5.91 Å². The molecule has 0 saturated carbocycles. The number of halogens is 1. The number of carbonyl (C=O) groups excluding carboxylic acids is 1. The standard InChI is InChI=1S/C18H19IN2O2/c1-11-7-12(2)15(13(3)8-11)10-20-21-18(22)14-5-6-16(19)17(9-14)23-4/h5-10H,1-4H3,(H,21,22)/b20-10-. The van der Waals surface area contributed by atoms with Crippen LogP contribution in [-0.2, 0) is 0 Å². The van der Waals surface area contributed by atoms with E-state index in [0.717, 1.165) is 20.3 Å². The molecule has 0 radical (unpaired) electrons. The molecule has 0 fully saturated rings. The number of nitrogens with one attached hydrogen (secondary N) is 1. The third kappa shape index (κ3) is 4.31. The number of hydrogen-bond acceptors (Lipinski definition) is 3. The van der Waals surface area contributed by atoms with Gasteiger partial charge in [0, 0.05) is 11.1 Å². The summed E-state index contributed by atoms with van der Waals surface area (Å²) in [5.41, 5.74) is 7.58. The van der Waals surface area contributed by atoms with Crippen molar-refractivity contribution in [3.63, 3.8) is 0 Å². The normalized spacial score (nSPS) is 10.8. The van der Waals surface area contributed by atoms with Crippen LogP contribution >= 0.6 is 22.6 Å². The summed E-state index contributed by atoms with van der Waals surface area (Å²) in [6.07, 6.45) is 1.69. The quantitative estimate of drug-likeness (QED) is 0.460. The highest BCUT2D eigenvalue weighted by molar-refractivity contribution is 14.1. The van der Waals surface area contributed by atoms with Crippen LogP contribution in [0.1, 0.15) is 32.6 Å². The zero-order chi connectivity index (χ0) is 17.0. The van der Waals surface area contributed by atoms with Gasteiger partial charge < -0.3 is 4.74 Å². The number of hydrogen-bond donors (Lipinski definition) is 1. The van der Waals surface area contributed by atoms with Crippen molar-refractivity contribution in [3.05, 3.63) is 61.7 Å². The average molecular weight is 422 g/mol. The lowest BCUT2D eigenvalue weighted by Crippen LogP contribution is -2.18. The molecule has 5 heteroatoms. The van der Waals surface area contributed by atoms with E-state index < -0.39 is 0 Å². The van der Waals surface area contributed by atoms with Gasteiger partial charge >= 0.3 is 0 Å². The van der Waals surface area contributed by atoms with E-state index in [0.29, 0.717) is 11.3 Å². The lowest BCUT2D eigenvalue weighted by Gasteiger charge is -2.07. The molecule has 0 spiro atoms. The first-order valence-corrected chi connectivity index (χ1v) is 8.25. The van der Waals surface area contributed by atoms with Crippen LogP contribution in [0.15, 0.2) is 35.4 Å². The lowest BCUT2D eigenvalue weighted by atomic mass is 10.0. The number of methoxy groups -OCH3 is 1. The van der Waals surface area contributed by atoms with Gasteiger partial charge in [-0.25, -0.2) is 5.43 Å². The third-order valence-electron chi connectivity index (χ3n) is 3.51. The summed E-state index contributed by atoms with van der Waals surface area (Å²) in [4.78, 5) is 12.2. The highest BCUT2D eigenvalue weighted by Crippen LogP contribution is 2.21. The third-order valence-corrected chi connectivity index (χ3v) is 4.40. The van der Waals surface area contributed by atoms with Crippen molar-refractivity contribution in [1.82, 2.24) is 5.43 Å². The van der Waals surface area contributed by atoms with Crippen LogP contribution in [0.3, 0.4) is 0 Å². The lowest BCUT2D eigenvalue weighted by molar-refractivity contribution is 0.0954. The Labute approximate surface area is 150 Å². The maximum Gasteiger partial charge on any atom is 0.271 e. The van der Waals surface area contributed by atoms with E-state index in [4.69, 9.17) is 4.74 Å². The molecule has 0 bridgehead atoms. The first kappa shape index (κ1) is 17.5. The van der Waals surface area contributed by atoms with Gasteiger partial charge in [0.1, 0.15) is 5.75 Å². The predicted molar refractivity (Wildman–Crippen MR) is 101 cm³/mol. The molecule has 1 N–H and O–H groups in total. The van der Waals surface area contributed by atoms with Crippen LogP contribution < -0.4 is 10.2 Å². The van der Waals surface area contributed by atoms with Crippen molar-refractivity contribution in [1.29, 1.82) is 0 Å². The summed E-state index contributed by atoms with van der Waals surface area (Å²) < 4.78 is 6.18. The fourth-order valence-electron chi connectivity index (χ4n) is 2.42. The van der Waals surface area contributed by atoms with E-state index in [9.17, 15) is 4.79 Å². The molecule has 4 nitrogen and oxygen atoms in total. The van der Waals surface area contributed by atoms with Crippen LogP contribution in [0.4, 0.5) is 0 Å². The largest absolute Gasteiger partial charge is 0.496 e. The zero-order valence-electron chi connectivity index (χ0n) is 13.6. The minimum absolute atomic E-state index is 0.265. The van der Waals surface area contributed by atoms with E-state index in [2.05, 4.69) is 52.2 Å². The van der Waals surface area contributed by atoms with Crippen LogP contribution in [0.5, 0.6) is 5.75 Å². The minimum Gasteiger partial charge on any atom is -0.496 e. The smallest absolute Gasteiger partial charge is 0.271 e. The van der Waals surface area contributed by atoms with Crippen LogP contribution in [0.2, 0.25) is 0 Å². The Morgan fingerprint density at radius 3 is 2.43 bits per heavy atom. The molecule has 2 aromatic carbocycles. The number of rotatable bonds is 4. The van der Waals surface area contributed by atoms with Gasteiger partial charge in [-0.2, -0.15) is 5.10 Å². The van der Waals surface area contributed by atoms with E-state index in [1.807, 2.05) is 19.9 Å². The second kappa shape index (κ2) is 7.59. The van der Waals surface area contributed by atoms with Crippen molar-refractivity contribution in [2.75, 3.05) is 7.11 Å². The Morgan fingerprint density at radius 2 is 1.83 bits per heavy atom. The van der Waals surface area contributed by atoms with Crippen LogP contribution in [-0.4, -0.2) is 19.2 Å². The Kier molecular flexibility index (Phi) is 5.76. The molecule has 23 heavy (non-hydrogen) atoms. The number of ether oxygens (including phenoxy) is 1. The summed E-state index contributed by atoms with van der Waals surface area (Å²) in [6, 6.07) is 9.49. The Hall–Kier alpha value is -1.89. The molecule has 0 atom stereocenters. The molecular weight excluding hydrogens is 403 g/mol. The first-order valence-electron chi connectivity index (χ1n) is 7.17. The summed E-state index contributed by atoms with van der Waals surface area (Å²) >= 11 is 2.16. The fourth-order valence-corrected chi connectivity index (χ4v) is 2.97. The molecule has 120 valence electrons. The van der Waals surface area contributed by atoms with Gasteiger partial charge in [0.05, 0.1) is 16.9 Å². The van der Waals surface area contributed by atoms with E-state index >= 15 is 0 Å². The molecule has 0 saturated heterocycles. The van der Waals surface area contributed by atoms with Crippen LogP contribution in [0.25, 0.3) is 0 Å². The van der Waals surface area contributed by atoms with Gasteiger partial charge in [-0.1, -0.05) is 17.7 Å². The number of aryl methyl sites for hydroxylation is 3. The van der Waals surface area contributed by atoms with Gasteiger partial charge in [0.2, 0.25) is 0 Å². The summed E-state index contributed by atoms with van der Waals surface area (Å²) in [5.74, 6) is 0.408. The number of benzene rings is 2. The van der Waals surface area contributed by atoms with Crippen molar-refractivity contribution in [2.45, 2.75) is 20.8 Å². The Morgan fingerprint density at radius 1 is 1.17 bits per heavy atom. The van der Waals surface area contributed by atoms with Gasteiger partial charge in [-0.15, -0.1) is 0 Å². The summed E-state index contributed by atoms with van der Waals surface area (Å²) in [7, 11) is 1.58. The fraction of sp³-hybridized carbons (Fsp3) is 0.222. The number of amides is 1. The number of nitrogens with zero attached hydrogens (tertiary/aromatic N) is 1. The Bertz CT molecular complexity index is 747. The van der Waals surface area contributed by atoms with E-state index in [1.165, 1.54) is 5.56 Å². The van der Waals surface area contributed by atoms with Gasteiger partial charge in [0.15, 0.2) is 0 Å². The molecule has 2 aromatic rings. The molecular formula is C18H19IN2O2. The molecule has 0 aliphatic carbocycles. The highest BCUT2D eigenvalue weighted by atomic mass is 127. The summed E-state index contributed by atoms with van der Waals surface area (Å²) in [6.45, 7) is 6.13. The minimum atomic E-state index is -0.265. The molecule has 0 unspecified atom stereocenters. The maximum absolute atomic E-state index is 12.2. The van der Waals surface area contributed by atoms with Crippen molar-refractivity contribution < 1.29 is 9.53 Å². The molecule has 0 heterocycles. The first-order chi connectivity index (χ1) is 10.9. The Balaban J connectivity index is 2.13. The van der Waals surface area contributed by atoms with Gasteiger partial charge in [-0.05, 0) is 72.7 Å². The molecule has 0 aliphatic rings. The molecule has 0 aromatic heterocycles. The molecule has 0 aliphatic heterocycles. The van der Waals surface area contributed by atoms with E-state index in [1.54, 1.807) is 25.5 Å². The molecule has 1 amide bonds. The summed E-state index contributed by atoms with van der Waals surface area (Å²) in [5, 5.41) is 4.08. The van der Waals surface area contributed by atoms with Crippen molar-refractivity contribution in [3.8, 4) is 5.75 Å². The molecule has 2 rings (SSSR count). The monoisotopic (exact) mass is 422 g/mol. The van der Waals surface area contributed by atoms with Crippen LogP contribution in [0, 0.1) is 24.3 Å². The number of hydrazone groups is 1. The second-order valence-corrected chi connectivity index (χ2v) is 6.52. The SMILES string of the molecule is COc1cc(C(=O)N/N=C\c2c(C)cc(C)cc2C)ccc1I. The van der Waals surface area contributed by atoms with Crippen molar-refractivity contribution >= 4 is 34.7 Å². The maximum atomic E-state index is 12.2. The highest BCUT2D eigenvalue weighted by Gasteiger charge is 2.08. The average Bonchev–Trinajstić information content (AvgIpc) is 2.50. The second-order valence-electron chi connectivity index (χ2n) is 5.36. The van der Waals surface area contributed by atoms with Crippen molar-refractivity contribution in [2.24, 2.45) is 5.10 Å². The van der Waals surface area contributed by atoms with Gasteiger partial charge in [0.25, 0.3) is 5.91 Å². The number of carbonyl (C=O) groups is 1. The van der Waals surface area contributed by atoms with Gasteiger partial charge in [-0.3, -0.25) is 4.79 Å². The predicted octanol–water partition coefficient (Wildman–Crippen LogP) is 3.99. The topological polar surface area (TPSA) is 50.7 Å². The zero-order valence-corrected chi connectivity index (χ0v) is 15.8.